The van der Waals surface area contributed by atoms with Crippen molar-refractivity contribution in [1.29, 1.82) is 0 Å². The summed E-state index contributed by atoms with van der Waals surface area (Å²) in [5.41, 5.74) is 2.29. The second-order valence-electron chi connectivity index (χ2n) is 8.46. The van der Waals surface area contributed by atoms with Crippen molar-refractivity contribution in [3.05, 3.63) is 72.1 Å². The van der Waals surface area contributed by atoms with E-state index in [-0.39, 0.29) is 11.7 Å². The topological polar surface area (TPSA) is 143 Å². The zero-order valence-corrected chi connectivity index (χ0v) is 18.5. The van der Waals surface area contributed by atoms with E-state index in [1.54, 1.807) is 29.3 Å². The van der Waals surface area contributed by atoms with Gasteiger partial charge in [0.05, 0.1) is 18.6 Å². The molecule has 12 heteroatoms. The molecular formula is C23H22N10O2. The standard InChI is InChI=1S/C23H22N10O2/c34-20-17(28-23(35)30-20)10-15-11-25-33-19(15)29-21(31-22(33)26-16-6-7-16)27-18(12-32-9-8-24-13-32)14-4-2-1-3-5-14/h1-5,8-11,13,16,18H,6-7,12H2,(H2,26,27,29,31)(H2,28,30,34,35)/b17-10-. The third-order valence-corrected chi connectivity index (χ3v) is 5.78. The molecule has 1 saturated heterocycles. The van der Waals surface area contributed by atoms with Crippen LogP contribution in [-0.4, -0.2) is 47.1 Å². The molecule has 3 aromatic heterocycles. The monoisotopic (exact) mass is 470 g/mol. The molecule has 6 rings (SSSR count). The van der Waals surface area contributed by atoms with Crippen molar-refractivity contribution in [1.82, 2.24) is 39.8 Å². The summed E-state index contributed by atoms with van der Waals surface area (Å²) in [4.78, 5) is 37.2. The van der Waals surface area contributed by atoms with Gasteiger partial charge < -0.3 is 20.5 Å². The van der Waals surface area contributed by atoms with E-state index in [0.717, 1.165) is 18.4 Å². The SMILES string of the molecule is O=C1NC(=O)/C(=C/c2cnn3c(NC4CC4)nc(NC(Cn4ccnc4)c4ccccc4)nc23)N1. The predicted molar refractivity (Wildman–Crippen MR) is 127 cm³/mol. The van der Waals surface area contributed by atoms with Crippen molar-refractivity contribution < 1.29 is 9.59 Å². The molecule has 1 aliphatic heterocycles. The van der Waals surface area contributed by atoms with Gasteiger partial charge >= 0.3 is 6.03 Å². The van der Waals surface area contributed by atoms with Gasteiger partial charge in [0.25, 0.3) is 5.91 Å². The van der Waals surface area contributed by atoms with Crippen LogP contribution in [0.2, 0.25) is 0 Å². The molecule has 12 nitrogen and oxygen atoms in total. The fraction of sp³-hybridized carbons (Fsp3) is 0.217. The minimum atomic E-state index is -0.559. The molecular weight excluding hydrogens is 448 g/mol. The first-order chi connectivity index (χ1) is 17.1. The lowest BCUT2D eigenvalue weighted by atomic mass is 10.1. The zero-order chi connectivity index (χ0) is 23.8. The Kier molecular flexibility index (Phi) is 5.09. The molecule has 3 amide bonds. The van der Waals surface area contributed by atoms with Crippen molar-refractivity contribution in [3.63, 3.8) is 0 Å². The van der Waals surface area contributed by atoms with Crippen molar-refractivity contribution in [3.8, 4) is 0 Å². The summed E-state index contributed by atoms with van der Waals surface area (Å²) < 4.78 is 3.60. The number of aromatic nitrogens is 6. The van der Waals surface area contributed by atoms with Gasteiger partial charge in [0, 0.05) is 30.5 Å². The summed E-state index contributed by atoms with van der Waals surface area (Å²) in [6, 6.07) is 9.69. The highest BCUT2D eigenvalue weighted by Crippen LogP contribution is 2.27. The number of rotatable bonds is 8. The van der Waals surface area contributed by atoms with E-state index >= 15 is 0 Å². The maximum absolute atomic E-state index is 12.0. The number of hydrogen-bond donors (Lipinski definition) is 4. The molecule has 2 fully saturated rings. The van der Waals surface area contributed by atoms with Gasteiger partial charge in [0.2, 0.25) is 11.9 Å². The molecule has 4 heterocycles. The van der Waals surface area contributed by atoms with Crippen LogP contribution >= 0.6 is 0 Å². The van der Waals surface area contributed by atoms with Crippen LogP contribution in [-0.2, 0) is 11.3 Å². The Bertz CT molecular complexity index is 1420. The summed E-state index contributed by atoms with van der Waals surface area (Å²) >= 11 is 0. The predicted octanol–water partition coefficient (Wildman–Crippen LogP) is 1.93. The van der Waals surface area contributed by atoms with Crippen LogP contribution in [0.15, 0.2) is 60.9 Å². The van der Waals surface area contributed by atoms with Crippen LogP contribution in [0.5, 0.6) is 0 Å². The first-order valence-corrected chi connectivity index (χ1v) is 11.3. The summed E-state index contributed by atoms with van der Waals surface area (Å²) in [6.07, 6.45) is 10.7. The summed E-state index contributed by atoms with van der Waals surface area (Å²) in [5, 5.41) is 16.0. The number of imidazole rings is 1. The average molecular weight is 470 g/mol. The number of anilines is 2. The van der Waals surface area contributed by atoms with Gasteiger partial charge in [0.1, 0.15) is 5.70 Å². The molecule has 35 heavy (non-hydrogen) atoms. The number of carbonyl (C=O) groups excluding carboxylic acids is 2. The van der Waals surface area contributed by atoms with Crippen LogP contribution in [0.3, 0.4) is 0 Å². The van der Waals surface area contributed by atoms with E-state index in [2.05, 4.69) is 31.3 Å². The lowest BCUT2D eigenvalue weighted by Gasteiger charge is -2.20. The molecule has 2 aliphatic rings. The van der Waals surface area contributed by atoms with Gasteiger partial charge in [-0.1, -0.05) is 30.3 Å². The molecule has 176 valence electrons. The number of fused-ring (bicyclic) bond motifs is 1. The molecule has 1 aromatic carbocycles. The van der Waals surface area contributed by atoms with Gasteiger partial charge in [-0.25, -0.2) is 9.78 Å². The van der Waals surface area contributed by atoms with Gasteiger partial charge in [0.15, 0.2) is 5.65 Å². The minimum Gasteiger partial charge on any atom is -0.351 e. The zero-order valence-electron chi connectivity index (χ0n) is 18.5. The fourth-order valence-electron chi connectivity index (χ4n) is 3.88. The number of imide groups is 1. The Hall–Kier alpha value is -4.74. The Morgan fingerprint density at radius 2 is 2.00 bits per heavy atom. The third-order valence-electron chi connectivity index (χ3n) is 5.78. The normalized spacial score (nSPS) is 17.4. The highest BCUT2D eigenvalue weighted by molar-refractivity contribution is 6.14. The highest BCUT2D eigenvalue weighted by atomic mass is 16.2. The Balaban J connectivity index is 1.39. The first-order valence-electron chi connectivity index (χ1n) is 11.3. The van der Waals surface area contributed by atoms with Gasteiger partial charge in [-0.05, 0) is 24.5 Å². The van der Waals surface area contributed by atoms with Crippen molar-refractivity contribution in [2.75, 3.05) is 10.6 Å². The van der Waals surface area contributed by atoms with Crippen LogP contribution < -0.4 is 21.3 Å². The number of nitrogens with one attached hydrogen (secondary N) is 4. The lowest BCUT2D eigenvalue weighted by molar-refractivity contribution is -0.115. The van der Waals surface area contributed by atoms with Gasteiger partial charge in [-0.2, -0.15) is 19.6 Å². The van der Waals surface area contributed by atoms with Gasteiger partial charge in [-0.3, -0.25) is 10.1 Å². The quantitative estimate of drug-likeness (QED) is 0.226. The number of nitrogens with zero attached hydrogens (tertiary/aromatic N) is 6. The first kappa shape index (κ1) is 20.8. The largest absolute Gasteiger partial charge is 0.351 e. The third kappa shape index (κ3) is 4.40. The van der Waals surface area contributed by atoms with E-state index in [1.165, 1.54) is 0 Å². The number of urea groups is 1. The maximum Gasteiger partial charge on any atom is 0.326 e. The molecule has 0 bridgehead atoms. The fourth-order valence-corrected chi connectivity index (χ4v) is 3.88. The Morgan fingerprint density at radius 1 is 1.14 bits per heavy atom. The van der Waals surface area contributed by atoms with Crippen molar-refractivity contribution in [2.24, 2.45) is 0 Å². The molecule has 0 spiro atoms. The van der Waals surface area contributed by atoms with E-state index in [0.29, 0.717) is 35.7 Å². The molecule has 1 aliphatic carbocycles. The Morgan fingerprint density at radius 3 is 2.71 bits per heavy atom. The van der Waals surface area contributed by atoms with Crippen LogP contribution in [0.4, 0.5) is 16.7 Å². The second kappa shape index (κ2) is 8.56. The van der Waals surface area contributed by atoms with Crippen LogP contribution in [0.1, 0.15) is 30.0 Å². The highest BCUT2D eigenvalue weighted by Gasteiger charge is 2.26. The van der Waals surface area contributed by atoms with Crippen LogP contribution in [0, 0.1) is 0 Å². The number of benzene rings is 1. The summed E-state index contributed by atoms with van der Waals surface area (Å²) in [7, 11) is 0. The maximum atomic E-state index is 12.0. The minimum absolute atomic E-state index is 0.133. The molecule has 1 unspecified atom stereocenters. The van der Waals surface area contributed by atoms with E-state index in [9.17, 15) is 9.59 Å². The molecule has 4 N–H and O–H groups in total. The molecule has 1 atom stereocenters. The lowest BCUT2D eigenvalue weighted by Crippen LogP contribution is -2.22. The van der Waals surface area contributed by atoms with Crippen LogP contribution in [0.25, 0.3) is 11.7 Å². The van der Waals surface area contributed by atoms with Gasteiger partial charge in [-0.15, -0.1) is 0 Å². The summed E-state index contributed by atoms with van der Waals surface area (Å²) in [5.74, 6) is 0.469. The summed E-state index contributed by atoms with van der Waals surface area (Å²) in [6.45, 7) is 0.617. The van der Waals surface area contributed by atoms with E-state index in [4.69, 9.17) is 9.97 Å². The average Bonchev–Trinajstić information content (AvgIpc) is 3.21. The number of amides is 3. The number of hydrogen-bond acceptors (Lipinski definition) is 8. The van der Waals surface area contributed by atoms with Crippen molar-refractivity contribution >= 4 is 35.6 Å². The van der Waals surface area contributed by atoms with Crippen molar-refractivity contribution in [2.45, 2.75) is 31.5 Å². The van der Waals surface area contributed by atoms with E-state index in [1.807, 2.05) is 41.1 Å². The Labute approximate surface area is 199 Å². The molecule has 0 radical (unpaired) electrons. The second-order valence-corrected chi connectivity index (χ2v) is 8.46. The number of carbonyl (C=O) groups is 2. The molecule has 1 saturated carbocycles. The molecule has 4 aromatic rings. The smallest absolute Gasteiger partial charge is 0.326 e. The van der Waals surface area contributed by atoms with E-state index < -0.39 is 11.9 Å².